The van der Waals surface area contributed by atoms with Gasteiger partial charge >= 0.3 is 0 Å². The highest BCUT2D eigenvalue weighted by molar-refractivity contribution is 7.19. The standard InChI is InChI=1S/C18H15N3O2S/c1-20(13-5-3-2-4-6-13)17(23)16-10-21-15-8-7-12(11-22)9-14(15)19-18(21)24-16/h2-10,22H,11H2,1H3. The zero-order chi connectivity index (χ0) is 16.7. The van der Waals surface area contributed by atoms with Gasteiger partial charge in [0.1, 0.15) is 4.88 Å². The zero-order valence-corrected chi connectivity index (χ0v) is 13.8. The van der Waals surface area contributed by atoms with Crippen molar-refractivity contribution in [2.75, 3.05) is 11.9 Å². The summed E-state index contributed by atoms with van der Waals surface area (Å²) in [7, 11) is 1.77. The predicted octanol–water partition coefficient (Wildman–Crippen LogP) is 3.32. The van der Waals surface area contributed by atoms with Gasteiger partial charge in [0, 0.05) is 18.9 Å². The maximum atomic E-state index is 12.7. The number of hydrogen-bond acceptors (Lipinski definition) is 4. The van der Waals surface area contributed by atoms with E-state index >= 15 is 0 Å². The van der Waals surface area contributed by atoms with E-state index in [9.17, 15) is 9.90 Å². The van der Waals surface area contributed by atoms with Gasteiger partial charge in [-0.25, -0.2) is 4.98 Å². The van der Waals surface area contributed by atoms with Crippen molar-refractivity contribution in [3.8, 4) is 0 Å². The summed E-state index contributed by atoms with van der Waals surface area (Å²) in [5.41, 5.74) is 3.43. The Kier molecular flexibility index (Phi) is 3.55. The fraction of sp³-hybridized carbons (Fsp3) is 0.111. The van der Waals surface area contributed by atoms with E-state index in [-0.39, 0.29) is 12.5 Å². The summed E-state index contributed by atoms with van der Waals surface area (Å²) >= 11 is 1.37. The number of fused-ring (bicyclic) bond motifs is 3. The molecule has 0 aliphatic carbocycles. The van der Waals surface area contributed by atoms with E-state index in [4.69, 9.17) is 0 Å². The molecule has 0 aliphatic heterocycles. The Morgan fingerprint density at radius 2 is 2.04 bits per heavy atom. The summed E-state index contributed by atoms with van der Waals surface area (Å²) in [6.07, 6.45) is 1.83. The summed E-state index contributed by atoms with van der Waals surface area (Å²) in [4.78, 5) is 20.3. The van der Waals surface area contributed by atoms with Crippen LogP contribution in [0.15, 0.2) is 54.7 Å². The number of carbonyl (C=O) groups is 1. The minimum Gasteiger partial charge on any atom is -0.392 e. The van der Waals surface area contributed by atoms with Crippen molar-refractivity contribution in [3.05, 3.63) is 65.2 Å². The molecule has 5 nitrogen and oxygen atoms in total. The summed E-state index contributed by atoms with van der Waals surface area (Å²) < 4.78 is 1.92. The van der Waals surface area contributed by atoms with E-state index in [1.807, 2.05) is 59.1 Å². The van der Waals surface area contributed by atoms with Crippen molar-refractivity contribution < 1.29 is 9.90 Å². The summed E-state index contributed by atoms with van der Waals surface area (Å²) in [5, 5.41) is 9.23. The maximum Gasteiger partial charge on any atom is 0.269 e. The van der Waals surface area contributed by atoms with E-state index < -0.39 is 0 Å². The van der Waals surface area contributed by atoms with Crippen molar-refractivity contribution in [2.24, 2.45) is 0 Å². The molecule has 0 aliphatic rings. The third-order valence-corrected chi connectivity index (χ3v) is 4.98. The average molecular weight is 337 g/mol. The Hall–Kier alpha value is -2.70. The van der Waals surface area contributed by atoms with Crippen molar-refractivity contribution in [3.63, 3.8) is 0 Å². The Labute approximate surface area is 142 Å². The van der Waals surface area contributed by atoms with Crippen LogP contribution in [0.3, 0.4) is 0 Å². The molecule has 4 rings (SSSR count). The first-order chi connectivity index (χ1) is 11.7. The van der Waals surface area contributed by atoms with Crippen LogP contribution in [0, 0.1) is 0 Å². The van der Waals surface area contributed by atoms with Gasteiger partial charge in [-0.05, 0) is 29.8 Å². The number of rotatable bonds is 3. The molecule has 0 saturated heterocycles. The van der Waals surface area contributed by atoms with Gasteiger partial charge in [0.2, 0.25) is 0 Å². The van der Waals surface area contributed by atoms with Crippen LogP contribution in [0.5, 0.6) is 0 Å². The number of para-hydroxylation sites is 1. The normalized spacial score (nSPS) is 11.2. The van der Waals surface area contributed by atoms with Crippen LogP contribution in [0.4, 0.5) is 5.69 Å². The highest BCUT2D eigenvalue weighted by Gasteiger charge is 2.18. The molecule has 0 fully saturated rings. The third-order valence-electron chi connectivity index (χ3n) is 4.01. The molecule has 6 heteroatoms. The second kappa shape index (κ2) is 5.74. The van der Waals surface area contributed by atoms with E-state index in [0.29, 0.717) is 4.88 Å². The lowest BCUT2D eigenvalue weighted by Gasteiger charge is -2.15. The number of aliphatic hydroxyl groups excluding tert-OH is 1. The van der Waals surface area contributed by atoms with Crippen molar-refractivity contribution in [1.82, 2.24) is 9.38 Å². The molecule has 2 aromatic carbocycles. The lowest BCUT2D eigenvalue weighted by molar-refractivity contribution is 0.0996. The number of anilines is 1. The first kappa shape index (κ1) is 14.9. The minimum atomic E-state index is -0.0585. The van der Waals surface area contributed by atoms with Crippen LogP contribution in [-0.4, -0.2) is 27.4 Å². The van der Waals surface area contributed by atoms with Crippen LogP contribution < -0.4 is 4.90 Å². The number of carbonyl (C=O) groups excluding carboxylic acids is 1. The van der Waals surface area contributed by atoms with Gasteiger partial charge in [0.05, 0.1) is 17.6 Å². The van der Waals surface area contributed by atoms with Crippen molar-refractivity contribution in [1.29, 1.82) is 0 Å². The second-order valence-corrected chi connectivity index (χ2v) is 6.55. The van der Waals surface area contributed by atoms with Gasteiger partial charge < -0.3 is 10.0 Å². The molecule has 120 valence electrons. The molecule has 0 radical (unpaired) electrons. The Balaban J connectivity index is 1.74. The largest absolute Gasteiger partial charge is 0.392 e. The first-order valence-electron chi connectivity index (χ1n) is 7.52. The molecular weight excluding hydrogens is 322 g/mol. The number of hydrogen-bond donors (Lipinski definition) is 1. The molecule has 1 N–H and O–H groups in total. The maximum absolute atomic E-state index is 12.7. The summed E-state index contributed by atoms with van der Waals surface area (Å²) in [5.74, 6) is -0.0585. The lowest BCUT2D eigenvalue weighted by atomic mass is 10.2. The van der Waals surface area contributed by atoms with Gasteiger partial charge in [-0.15, -0.1) is 0 Å². The van der Waals surface area contributed by atoms with Crippen LogP contribution in [0.2, 0.25) is 0 Å². The molecule has 1 amide bonds. The second-order valence-electron chi connectivity index (χ2n) is 5.54. The molecular formula is C18H15N3O2S. The van der Waals surface area contributed by atoms with Gasteiger partial charge in [-0.2, -0.15) is 0 Å². The van der Waals surface area contributed by atoms with Crippen molar-refractivity contribution in [2.45, 2.75) is 6.61 Å². The third kappa shape index (κ3) is 2.36. The number of aromatic nitrogens is 2. The molecule has 0 bridgehead atoms. The van der Waals surface area contributed by atoms with Crippen molar-refractivity contribution >= 4 is 38.9 Å². The van der Waals surface area contributed by atoms with Gasteiger partial charge in [-0.1, -0.05) is 35.6 Å². The number of nitrogens with zero attached hydrogens (tertiary/aromatic N) is 3. The quantitative estimate of drug-likeness (QED) is 0.624. The van der Waals surface area contributed by atoms with Crippen LogP contribution in [0.25, 0.3) is 16.0 Å². The highest BCUT2D eigenvalue weighted by atomic mass is 32.1. The molecule has 2 aromatic heterocycles. The van der Waals surface area contributed by atoms with E-state index in [1.54, 1.807) is 11.9 Å². The minimum absolute atomic E-state index is 0.00722. The average Bonchev–Trinajstić information content (AvgIpc) is 3.18. The zero-order valence-electron chi connectivity index (χ0n) is 13.0. The Bertz CT molecular complexity index is 1040. The smallest absolute Gasteiger partial charge is 0.269 e. The fourth-order valence-corrected chi connectivity index (χ4v) is 3.66. The molecule has 0 unspecified atom stereocenters. The summed E-state index contributed by atoms with van der Waals surface area (Å²) in [6, 6.07) is 15.2. The fourth-order valence-electron chi connectivity index (χ4n) is 2.69. The predicted molar refractivity (Wildman–Crippen MR) is 95.7 cm³/mol. The van der Waals surface area contributed by atoms with Gasteiger partial charge in [-0.3, -0.25) is 9.20 Å². The SMILES string of the molecule is CN(C(=O)c1cn2c(nc3cc(CO)ccc32)s1)c1ccccc1. The molecule has 4 aromatic rings. The van der Waals surface area contributed by atoms with Gasteiger partial charge in [0.15, 0.2) is 4.96 Å². The molecule has 2 heterocycles. The molecule has 0 saturated carbocycles. The topological polar surface area (TPSA) is 57.8 Å². The van der Waals surface area contributed by atoms with Crippen LogP contribution in [-0.2, 0) is 6.61 Å². The summed E-state index contributed by atoms with van der Waals surface area (Å²) in [6.45, 7) is -0.00722. The number of amides is 1. The van der Waals surface area contributed by atoms with E-state index in [0.717, 1.165) is 27.2 Å². The number of aliphatic hydroxyl groups is 1. The van der Waals surface area contributed by atoms with E-state index in [2.05, 4.69) is 4.98 Å². The lowest BCUT2D eigenvalue weighted by Crippen LogP contribution is -2.25. The van der Waals surface area contributed by atoms with Crippen LogP contribution in [0.1, 0.15) is 15.2 Å². The molecule has 24 heavy (non-hydrogen) atoms. The number of thiazole rings is 1. The monoisotopic (exact) mass is 337 g/mol. The number of benzene rings is 2. The van der Waals surface area contributed by atoms with E-state index in [1.165, 1.54) is 11.3 Å². The first-order valence-corrected chi connectivity index (χ1v) is 8.33. The Morgan fingerprint density at radius 1 is 1.25 bits per heavy atom. The number of imidazole rings is 1. The highest BCUT2D eigenvalue weighted by Crippen LogP contribution is 2.26. The van der Waals surface area contributed by atoms with Crippen LogP contribution >= 0.6 is 11.3 Å². The molecule has 0 atom stereocenters. The Morgan fingerprint density at radius 3 is 2.79 bits per heavy atom. The van der Waals surface area contributed by atoms with Gasteiger partial charge in [0.25, 0.3) is 5.91 Å². The molecule has 0 spiro atoms.